The van der Waals surface area contributed by atoms with Crippen LogP contribution in [-0.4, -0.2) is 40.0 Å². The summed E-state index contributed by atoms with van der Waals surface area (Å²) in [7, 11) is -6.93. The van der Waals surface area contributed by atoms with Crippen molar-refractivity contribution < 1.29 is 21.9 Å². The number of aliphatic hydroxyl groups excluding tert-OH is 1. The van der Waals surface area contributed by atoms with Gasteiger partial charge in [0.25, 0.3) is 0 Å². The zero-order valence-corrected chi connectivity index (χ0v) is 13.0. The average molecular weight is 321 g/mol. The van der Waals surface area contributed by atoms with E-state index in [9.17, 15) is 21.9 Å². The molecule has 0 amide bonds. The van der Waals surface area contributed by atoms with E-state index in [0.717, 1.165) is 0 Å². The molecule has 8 heteroatoms. The Hall–Kier alpha value is -0.960. The normalized spacial score (nSPS) is 14.2. The fourth-order valence-corrected chi connectivity index (χ4v) is 3.35. The third kappa shape index (κ3) is 4.86. The van der Waals surface area contributed by atoms with Gasteiger partial charge in [0.2, 0.25) is 10.0 Å². The zero-order chi connectivity index (χ0) is 15.4. The maximum atomic E-state index is 11.9. The second-order valence-electron chi connectivity index (χ2n) is 4.38. The number of aliphatic hydroxyl groups is 1. The molecule has 0 aromatic heterocycles. The number of hydrogen-bond donors (Lipinski definition) is 2. The van der Waals surface area contributed by atoms with Gasteiger partial charge in [-0.3, -0.25) is 0 Å². The van der Waals surface area contributed by atoms with Gasteiger partial charge in [0.05, 0.1) is 16.8 Å². The van der Waals surface area contributed by atoms with Crippen molar-refractivity contribution in [3.8, 4) is 0 Å². The minimum absolute atomic E-state index is 0.0161. The van der Waals surface area contributed by atoms with Crippen molar-refractivity contribution >= 4 is 19.9 Å². The Bertz CT molecular complexity index is 633. The maximum Gasteiger partial charge on any atom is 0.240 e. The summed E-state index contributed by atoms with van der Waals surface area (Å²) < 4.78 is 48.6. The van der Waals surface area contributed by atoms with E-state index in [0.29, 0.717) is 5.56 Å². The number of nitrogens with one attached hydrogen (secondary N) is 1. The summed E-state index contributed by atoms with van der Waals surface area (Å²) in [5, 5.41) is 9.34. The summed E-state index contributed by atoms with van der Waals surface area (Å²) in [5.41, 5.74) is 0.609. The van der Waals surface area contributed by atoms with Crippen molar-refractivity contribution in [2.45, 2.75) is 24.8 Å². The number of hydrogen-bond acceptors (Lipinski definition) is 5. The standard InChI is InChI=1S/C12H19NO5S2/c1-3-19(15,16)9-8-13-20(17,18)12-6-4-11(5-7-12)10(2)14/h4-7,10,13-14H,3,8-9H2,1-2H3. The van der Waals surface area contributed by atoms with E-state index in [2.05, 4.69) is 4.72 Å². The predicted octanol–water partition coefficient (Wildman–Crippen LogP) is 0.453. The van der Waals surface area contributed by atoms with Crippen molar-refractivity contribution in [1.29, 1.82) is 0 Å². The molecule has 0 heterocycles. The van der Waals surface area contributed by atoms with E-state index in [1.54, 1.807) is 6.92 Å². The molecule has 1 aromatic rings. The quantitative estimate of drug-likeness (QED) is 0.759. The average Bonchev–Trinajstić information content (AvgIpc) is 2.38. The van der Waals surface area contributed by atoms with Crippen molar-refractivity contribution in [2.24, 2.45) is 0 Å². The lowest BCUT2D eigenvalue weighted by molar-refractivity contribution is 0.199. The van der Waals surface area contributed by atoms with Crippen molar-refractivity contribution in [1.82, 2.24) is 4.72 Å². The van der Waals surface area contributed by atoms with Crippen molar-refractivity contribution in [2.75, 3.05) is 18.1 Å². The topological polar surface area (TPSA) is 101 Å². The van der Waals surface area contributed by atoms with Gasteiger partial charge in [-0.1, -0.05) is 19.1 Å². The Balaban J connectivity index is 2.74. The number of sulfone groups is 1. The minimum atomic E-state index is -3.73. The molecule has 0 saturated heterocycles. The Labute approximate surface area is 119 Å². The van der Waals surface area contributed by atoms with Crippen LogP contribution >= 0.6 is 0 Å². The smallest absolute Gasteiger partial charge is 0.240 e. The molecule has 1 atom stereocenters. The highest BCUT2D eigenvalue weighted by atomic mass is 32.2. The van der Waals surface area contributed by atoms with Gasteiger partial charge < -0.3 is 5.11 Å². The molecule has 114 valence electrons. The lowest BCUT2D eigenvalue weighted by Gasteiger charge is -2.08. The van der Waals surface area contributed by atoms with E-state index >= 15 is 0 Å². The predicted molar refractivity (Wildman–Crippen MR) is 76.6 cm³/mol. The maximum absolute atomic E-state index is 11.9. The van der Waals surface area contributed by atoms with Crippen LogP contribution in [-0.2, 0) is 19.9 Å². The summed E-state index contributed by atoms with van der Waals surface area (Å²) in [6.45, 7) is 2.94. The molecular weight excluding hydrogens is 302 g/mol. The summed E-state index contributed by atoms with van der Waals surface area (Å²) in [4.78, 5) is 0.0378. The van der Waals surface area contributed by atoms with E-state index in [4.69, 9.17) is 0 Å². The van der Waals surface area contributed by atoms with Crippen molar-refractivity contribution in [3.63, 3.8) is 0 Å². The monoisotopic (exact) mass is 321 g/mol. The van der Waals surface area contributed by atoms with Crippen LogP contribution in [0.3, 0.4) is 0 Å². The number of rotatable bonds is 7. The highest BCUT2D eigenvalue weighted by Gasteiger charge is 2.15. The molecule has 1 unspecified atom stereocenters. The fourth-order valence-electron chi connectivity index (χ4n) is 1.48. The Morgan fingerprint density at radius 1 is 1.15 bits per heavy atom. The Kier molecular flexibility index (Phi) is 5.69. The van der Waals surface area contributed by atoms with E-state index in [1.807, 2.05) is 0 Å². The third-order valence-electron chi connectivity index (χ3n) is 2.82. The molecule has 0 spiro atoms. The van der Waals surface area contributed by atoms with Crippen LogP contribution < -0.4 is 4.72 Å². The van der Waals surface area contributed by atoms with Crippen LogP contribution in [0, 0.1) is 0 Å². The number of benzene rings is 1. The number of sulfonamides is 1. The second-order valence-corrected chi connectivity index (χ2v) is 8.62. The van der Waals surface area contributed by atoms with Gasteiger partial charge in [-0.15, -0.1) is 0 Å². The molecule has 1 rings (SSSR count). The molecule has 0 saturated carbocycles. The highest BCUT2D eigenvalue weighted by molar-refractivity contribution is 7.91. The second kappa shape index (κ2) is 6.66. The Morgan fingerprint density at radius 3 is 2.15 bits per heavy atom. The lowest BCUT2D eigenvalue weighted by atomic mass is 10.1. The van der Waals surface area contributed by atoms with Gasteiger partial charge in [-0.05, 0) is 24.6 Å². The molecule has 6 nitrogen and oxygen atoms in total. The van der Waals surface area contributed by atoms with Gasteiger partial charge in [0.1, 0.15) is 0 Å². The molecule has 0 fully saturated rings. The first-order chi connectivity index (χ1) is 9.18. The largest absolute Gasteiger partial charge is 0.389 e. The van der Waals surface area contributed by atoms with Crippen LogP contribution in [0.1, 0.15) is 25.5 Å². The van der Waals surface area contributed by atoms with Crippen LogP contribution in [0.2, 0.25) is 0 Å². The molecule has 1 aromatic carbocycles. The van der Waals surface area contributed by atoms with Gasteiger partial charge >= 0.3 is 0 Å². The van der Waals surface area contributed by atoms with Crippen LogP contribution in [0.15, 0.2) is 29.2 Å². The zero-order valence-electron chi connectivity index (χ0n) is 11.4. The van der Waals surface area contributed by atoms with Crippen LogP contribution in [0.5, 0.6) is 0 Å². The summed E-state index contributed by atoms with van der Waals surface area (Å²) in [6.07, 6.45) is -0.672. The van der Waals surface area contributed by atoms with E-state index < -0.39 is 26.0 Å². The molecule has 0 aliphatic heterocycles. The lowest BCUT2D eigenvalue weighted by Crippen LogP contribution is -2.29. The fraction of sp³-hybridized carbons (Fsp3) is 0.500. The first kappa shape index (κ1) is 17.1. The molecule has 20 heavy (non-hydrogen) atoms. The Morgan fingerprint density at radius 2 is 1.70 bits per heavy atom. The van der Waals surface area contributed by atoms with Gasteiger partial charge in [-0.25, -0.2) is 21.6 Å². The SMILES string of the molecule is CCS(=O)(=O)CCNS(=O)(=O)c1ccc(C(C)O)cc1. The third-order valence-corrected chi connectivity index (χ3v) is 6.00. The summed E-state index contributed by atoms with van der Waals surface area (Å²) >= 11 is 0. The molecule has 0 bridgehead atoms. The van der Waals surface area contributed by atoms with Gasteiger partial charge in [-0.2, -0.15) is 0 Å². The molecular formula is C12H19NO5S2. The molecule has 0 radical (unpaired) electrons. The van der Waals surface area contributed by atoms with Gasteiger partial charge in [0, 0.05) is 12.3 Å². The van der Waals surface area contributed by atoms with Gasteiger partial charge in [0.15, 0.2) is 9.84 Å². The van der Waals surface area contributed by atoms with E-state index in [-0.39, 0.29) is 22.9 Å². The first-order valence-electron chi connectivity index (χ1n) is 6.16. The van der Waals surface area contributed by atoms with Crippen molar-refractivity contribution in [3.05, 3.63) is 29.8 Å². The first-order valence-corrected chi connectivity index (χ1v) is 9.46. The van der Waals surface area contributed by atoms with Crippen LogP contribution in [0.25, 0.3) is 0 Å². The summed E-state index contributed by atoms with van der Waals surface area (Å²) in [6, 6.07) is 5.78. The minimum Gasteiger partial charge on any atom is -0.389 e. The van der Waals surface area contributed by atoms with E-state index in [1.165, 1.54) is 31.2 Å². The van der Waals surface area contributed by atoms with Crippen LogP contribution in [0.4, 0.5) is 0 Å². The molecule has 0 aliphatic carbocycles. The summed E-state index contributed by atoms with van der Waals surface area (Å²) in [5.74, 6) is -0.244. The molecule has 0 aliphatic rings. The molecule has 2 N–H and O–H groups in total. The highest BCUT2D eigenvalue weighted by Crippen LogP contribution is 2.15.